The third-order valence-corrected chi connectivity index (χ3v) is 4.31. The number of carbonyl (C=O) groups is 2. The summed E-state index contributed by atoms with van der Waals surface area (Å²) in [4.78, 5) is 26.2. The number of nitrogens with two attached hydrogens (primary N) is 1. The molecule has 106 valence electrons. The maximum Gasteiger partial charge on any atom is 0.329 e. The fourth-order valence-corrected chi connectivity index (χ4v) is 3.34. The molecule has 2 atom stereocenters. The molecule has 3 amide bonds. The molecule has 5 nitrogen and oxygen atoms in total. The van der Waals surface area contributed by atoms with Crippen LogP contribution in [0.5, 0.6) is 0 Å². The average molecular weight is 273 g/mol. The molecule has 5 heteroatoms. The van der Waals surface area contributed by atoms with Gasteiger partial charge in [0, 0.05) is 5.69 Å². The summed E-state index contributed by atoms with van der Waals surface area (Å²) in [5, 5.41) is 2.92. The maximum absolute atomic E-state index is 12.7. The van der Waals surface area contributed by atoms with Crippen LogP contribution in [0.25, 0.3) is 0 Å². The van der Waals surface area contributed by atoms with Crippen molar-refractivity contribution >= 4 is 23.3 Å². The van der Waals surface area contributed by atoms with Gasteiger partial charge in [-0.1, -0.05) is 19.8 Å². The first-order valence-electron chi connectivity index (χ1n) is 7.04. The van der Waals surface area contributed by atoms with Crippen LogP contribution in [-0.2, 0) is 4.79 Å². The summed E-state index contributed by atoms with van der Waals surface area (Å²) in [5.41, 5.74) is 6.14. The smallest absolute Gasteiger partial charge is 0.329 e. The number of urea groups is 1. The number of rotatable bonds is 1. The van der Waals surface area contributed by atoms with Gasteiger partial charge in [0.15, 0.2) is 0 Å². The lowest BCUT2D eigenvalue weighted by molar-refractivity contribution is -0.123. The Kier molecular flexibility index (Phi) is 2.92. The van der Waals surface area contributed by atoms with Crippen molar-refractivity contribution in [2.24, 2.45) is 5.92 Å². The molecule has 1 aliphatic carbocycles. The molecule has 1 aromatic carbocycles. The Morgan fingerprint density at radius 2 is 2.00 bits per heavy atom. The first kappa shape index (κ1) is 13.0. The molecule has 2 aliphatic rings. The minimum Gasteiger partial charge on any atom is -0.399 e. The second kappa shape index (κ2) is 4.51. The minimum absolute atomic E-state index is 0.126. The molecule has 3 N–H and O–H groups in total. The lowest BCUT2D eigenvalue weighted by Gasteiger charge is -2.34. The number of anilines is 2. The molecule has 1 spiro atoms. The number of nitrogens with zero attached hydrogens (tertiary/aromatic N) is 1. The molecular weight excluding hydrogens is 254 g/mol. The Labute approximate surface area is 118 Å². The third-order valence-electron chi connectivity index (χ3n) is 4.31. The Balaban J connectivity index is 1.92. The number of carbonyl (C=O) groups excluding carboxylic acids is 2. The highest BCUT2D eigenvalue weighted by Gasteiger charge is 2.52. The maximum atomic E-state index is 12.7. The van der Waals surface area contributed by atoms with E-state index in [1.54, 1.807) is 24.3 Å². The molecule has 2 unspecified atom stereocenters. The van der Waals surface area contributed by atoms with Crippen LogP contribution in [-0.4, -0.2) is 17.5 Å². The molecule has 0 aromatic heterocycles. The lowest BCUT2D eigenvalue weighted by atomic mass is 9.76. The van der Waals surface area contributed by atoms with Gasteiger partial charge in [-0.2, -0.15) is 0 Å². The summed E-state index contributed by atoms with van der Waals surface area (Å²) < 4.78 is 0. The van der Waals surface area contributed by atoms with Gasteiger partial charge in [-0.3, -0.25) is 4.79 Å². The van der Waals surface area contributed by atoms with Crippen LogP contribution < -0.4 is 16.0 Å². The Bertz CT molecular complexity index is 555. The van der Waals surface area contributed by atoms with E-state index in [2.05, 4.69) is 12.2 Å². The Morgan fingerprint density at radius 1 is 1.30 bits per heavy atom. The van der Waals surface area contributed by atoms with E-state index in [0.29, 0.717) is 17.3 Å². The topological polar surface area (TPSA) is 75.4 Å². The van der Waals surface area contributed by atoms with Crippen LogP contribution in [0.15, 0.2) is 24.3 Å². The van der Waals surface area contributed by atoms with Crippen molar-refractivity contribution in [1.29, 1.82) is 0 Å². The fraction of sp³-hybridized carbons (Fsp3) is 0.467. The van der Waals surface area contributed by atoms with E-state index in [4.69, 9.17) is 5.73 Å². The largest absolute Gasteiger partial charge is 0.399 e. The number of nitrogen functional groups attached to an aromatic ring is 1. The van der Waals surface area contributed by atoms with Gasteiger partial charge in [0.05, 0.1) is 5.69 Å². The van der Waals surface area contributed by atoms with E-state index in [0.717, 1.165) is 25.7 Å². The molecule has 2 fully saturated rings. The molecule has 3 rings (SSSR count). The van der Waals surface area contributed by atoms with Gasteiger partial charge >= 0.3 is 6.03 Å². The van der Waals surface area contributed by atoms with E-state index in [-0.39, 0.29) is 11.9 Å². The summed E-state index contributed by atoms with van der Waals surface area (Å²) in [7, 11) is 0. The summed E-state index contributed by atoms with van der Waals surface area (Å²) in [5.74, 6) is 0.332. The summed E-state index contributed by atoms with van der Waals surface area (Å²) in [6.45, 7) is 2.13. The van der Waals surface area contributed by atoms with Crippen molar-refractivity contribution < 1.29 is 9.59 Å². The second-order valence-electron chi connectivity index (χ2n) is 5.95. The predicted molar refractivity (Wildman–Crippen MR) is 77.2 cm³/mol. The third kappa shape index (κ3) is 1.94. The van der Waals surface area contributed by atoms with E-state index >= 15 is 0 Å². The van der Waals surface area contributed by atoms with Gasteiger partial charge in [-0.15, -0.1) is 0 Å². The van der Waals surface area contributed by atoms with Crippen molar-refractivity contribution in [3.8, 4) is 0 Å². The molecule has 0 radical (unpaired) electrons. The predicted octanol–water partition coefficient (Wildman–Crippen LogP) is 2.27. The summed E-state index contributed by atoms with van der Waals surface area (Å²) in [6.07, 6.45) is 3.55. The SMILES string of the molecule is CC1CCCC2(C1)NC(=O)N(c1ccc(N)cc1)C2=O. The highest BCUT2D eigenvalue weighted by molar-refractivity contribution is 6.23. The Hall–Kier alpha value is -2.04. The van der Waals surface area contributed by atoms with Gasteiger partial charge < -0.3 is 11.1 Å². The zero-order valence-electron chi connectivity index (χ0n) is 11.6. The number of hydrogen-bond acceptors (Lipinski definition) is 3. The average Bonchev–Trinajstić information content (AvgIpc) is 2.62. The van der Waals surface area contributed by atoms with Crippen molar-refractivity contribution in [3.05, 3.63) is 24.3 Å². The number of amides is 3. The zero-order chi connectivity index (χ0) is 14.3. The quantitative estimate of drug-likeness (QED) is 0.609. The lowest BCUT2D eigenvalue weighted by Crippen LogP contribution is -2.50. The van der Waals surface area contributed by atoms with Crippen molar-refractivity contribution in [3.63, 3.8) is 0 Å². The first-order valence-corrected chi connectivity index (χ1v) is 7.04. The van der Waals surface area contributed by atoms with Gasteiger partial charge in [-0.25, -0.2) is 9.69 Å². The minimum atomic E-state index is -0.698. The fourth-order valence-electron chi connectivity index (χ4n) is 3.34. The van der Waals surface area contributed by atoms with Crippen LogP contribution >= 0.6 is 0 Å². The number of imide groups is 1. The molecule has 0 bridgehead atoms. The molecule has 1 heterocycles. The molecule has 20 heavy (non-hydrogen) atoms. The van der Waals surface area contributed by atoms with Crippen LogP contribution in [0, 0.1) is 5.92 Å². The van der Waals surface area contributed by atoms with Gasteiger partial charge in [0.1, 0.15) is 5.54 Å². The zero-order valence-corrected chi connectivity index (χ0v) is 11.6. The number of hydrogen-bond donors (Lipinski definition) is 2. The van der Waals surface area contributed by atoms with Crippen LogP contribution in [0.4, 0.5) is 16.2 Å². The number of nitrogens with one attached hydrogen (secondary N) is 1. The highest BCUT2D eigenvalue weighted by atomic mass is 16.2. The monoisotopic (exact) mass is 273 g/mol. The van der Waals surface area contributed by atoms with Crippen molar-refractivity contribution in [1.82, 2.24) is 5.32 Å². The standard InChI is InChI=1S/C15H19N3O2/c1-10-3-2-8-15(9-10)13(19)18(14(20)17-15)12-6-4-11(16)5-7-12/h4-7,10H,2-3,8-9,16H2,1H3,(H,17,20). The summed E-state index contributed by atoms with van der Waals surface area (Å²) in [6, 6.07) is 6.49. The highest BCUT2D eigenvalue weighted by Crippen LogP contribution is 2.38. The first-order chi connectivity index (χ1) is 9.52. The normalized spacial score (nSPS) is 29.9. The van der Waals surface area contributed by atoms with Gasteiger partial charge in [0.25, 0.3) is 5.91 Å². The van der Waals surface area contributed by atoms with Crippen LogP contribution in [0.1, 0.15) is 32.6 Å². The van der Waals surface area contributed by atoms with Gasteiger partial charge in [0.2, 0.25) is 0 Å². The molecule has 1 saturated heterocycles. The van der Waals surface area contributed by atoms with E-state index in [9.17, 15) is 9.59 Å². The van der Waals surface area contributed by atoms with Crippen LogP contribution in [0.2, 0.25) is 0 Å². The molecule has 1 aliphatic heterocycles. The van der Waals surface area contributed by atoms with Crippen molar-refractivity contribution in [2.45, 2.75) is 38.1 Å². The second-order valence-corrected chi connectivity index (χ2v) is 5.95. The summed E-state index contributed by atoms with van der Waals surface area (Å²) >= 11 is 0. The Morgan fingerprint density at radius 3 is 2.65 bits per heavy atom. The van der Waals surface area contributed by atoms with Crippen LogP contribution in [0.3, 0.4) is 0 Å². The van der Waals surface area contributed by atoms with E-state index in [1.807, 2.05) is 0 Å². The van der Waals surface area contributed by atoms with Crippen molar-refractivity contribution in [2.75, 3.05) is 10.6 Å². The van der Waals surface area contributed by atoms with Gasteiger partial charge in [-0.05, 0) is 43.0 Å². The number of benzene rings is 1. The molecule has 1 aromatic rings. The molecular formula is C15H19N3O2. The van der Waals surface area contributed by atoms with E-state index in [1.165, 1.54) is 4.90 Å². The molecule has 1 saturated carbocycles. The van der Waals surface area contributed by atoms with E-state index < -0.39 is 5.54 Å².